The number of hydrogen-bond donors (Lipinski definition) is 1. The van der Waals surface area contributed by atoms with Crippen LogP contribution in [-0.2, 0) is 9.59 Å². The van der Waals surface area contributed by atoms with Gasteiger partial charge in [-0.25, -0.2) is 0 Å². The molecule has 0 spiro atoms. The van der Waals surface area contributed by atoms with Crippen LogP contribution in [-0.4, -0.2) is 48.6 Å². The SMILES string of the molecule is CCOc1cccc(N2C(=O)C(=O)/C(=C(\O)c3ccc4c(c3)N(C)CCO4)C2c2cccnc2)c1. The fourth-order valence-corrected chi connectivity index (χ4v) is 4.50. The van der Waals surface area contributed by atoms with Crippen molar-refractivity contribution in [2.75, 3.05) is 36.6 Å². The minimum absolute atomic E-state index is 0.00384. The molecule has 0 aliphatic carbocycles. The lowest BCUT2D eigenvalue weighted by atomic mass is 9.95. The highest BCUT2D eigenvalue weighted by Gasteiger charge is 2.47. The zero-order chi connectivity index (χ0) is 24.5. The summed E-state index contributed by atoms with van der Waals surface area (Å²) in [5.41, 5.74) is 2.33. The lowest BCUT2D eigenvalue weighted by Crippen LogP contribution is -2.29. The molecule has 3 heterocycles. The van der Waals surface area contributed by atoms with Gasteiger partial charge in [-0.15, -0.1) is 0 Å². The molecule has 5 rings (SSSR count). The molecule has 1 fully saturated rings. The Balaban J connectivity index is 1.67. The number of hydrogen-bond acceptors (Lipinski definition) is 7. The minimum atomic E-state index is -0.856. The number of aliphatic hydroxyl groups excluding tert-OH is 1. The van der Waals surface area contributed by atoms with Crippen molar-refractivity contribution >= 4 is 28.8 Å². The molecular weight excluding hydrogens is 446 g/mol. The molecule has 1 saturated heterocycles. The minimum Gasteiger partial charge on any atom is -0.507 e. The van der Waals surface area contributed by atoms with E-state index in [-0.39, 0.29) is 11.3 Å². The van der Waals surface area contributed by atoms with Crippen molar-refractivity contribution in [3.8, 4) is 11.5 Å². The van der Waals surface area contributed by atoms with E-state index in [1.54, 1.807) is 67.0 Å². The summed E-state index contributed by atoms with van der Waals surface area (Å²) in [6, 6.07) is 14.9. The number of amides is 1. The summed E-state index contributed by atoms with van der Waals surface area (Å²) in [4.78, 5) is 34.3. The first-order valence-corrected chi connectivity index (χ1v) is 11.4. The second-order valence-corrected chi connectivity index (χ2v) is 8.34. The second-order valence-electron chi connectivity index (χ2n) is 8.34. The third kappa shape index (κ3) is 3.97. The van der Waals surface area contributed by atoms with Gasteiger partial charge < -0.3 is 19.5 Å². The average molecular weight is 472 g/mol. The molecule has 35 heavy (non-hydrogen) atoms. The van der Waals surface area contributed by atoms with Gasteiger partial charge in [-0.05, 0) is 48.9 Å². The van der Waals surface area contributed by atoms with Crippen LogP contribution in [0.5, 0.6) is 11.5 Å². The maximum absolute atomic E-state index is 13.4. The number of anilines is 2. The lowest BCUT2D eigenvalue weighted by Gasteiger charge is -2.28. The first-order valence-electron chi connectivity index (χ1n) is 11.4. The van der Waals surface area contributed by atoms with Crippen LogP contribution in [0, 0.1) is 0 Å². The van der Waals surface area contributed by atoms with Gasteiger partial charge in [0.15, 0.2) is 0 Å². The number of pyridine rings is 1. The van der Waals surface area contributed by atoms with Crippen molar-refractivity contribution in [1.82, 2.24) is 4.98 Å². The average Bonchev–Trinajstić information content (AvgIpc) is 3.15. The van der Waals surface area contributed by atoms with Gasteiger partial charge in [0.2, 0.25) is 0 Å². The Morgan fingerprint density at radius 2 is 2.03 bits per heavy atom. The second kappa shape index (κ2) is 9.13. The summed E-state index contributed by atoms with van der Waals surface area (Å²) in [6.07, 6.45) is 3.21. The Labute approximate surface area is 203 Å². The zero-order valence-corrected chi connectivity index (χ0v) is 19.5. The van der Waals surface area contributed by atoms with Gasteiger partial charge in [0.1, 0.15) is 23.9 Å². The van der Waals surface area contributed by atoms with Crippen LogP contribution in [0.4, 0.5) is 11.4 Å². The van der Waals surface area contributed by atoms with Crippen LogP contribution in [0.2, 0.25) is 0 Å². The van der Waals surface area contributed by atoms with E-state index in [9.17, 15) is 14.7 Å². The van der Waals surface area contributed by atoms with Crippen molar-refractivity contribution in [2.45, 2.75) is 13.0 Å². The summed E-state index contributed by atoms with van der Waals surface area (Å²) < 4.78 is 11.3. The third-order valence-corrected chi connectivity index (χ3v) is 6.18. The predicted octanol–water partition coefficient (Wildman–Crippen LogP) is 3.94. The molecule has 0 radical (unpaired) electrons. The summed E-state index contributed by atoms with van der Waals surface area (Å²) in [6.45, 7) is 3.61. The summed E-state index contributed by atoms with van der Waals surface area (Å²) in [5, 5.41) is 11.4. The molecule has 1 amide bonds. The van der Waals surface area contributed by atoms with E-state index >= 15 is 0 Å². The fraction of sp³-hybridized carbons (Fsp3) is 0.222. The van der Waals surface area contributed by atoms with Crippen LogP contribution in [0.3, 0.4) is 0 Å². The Hall–Kier alpha value is -4.33. The van der Waals surface area contributed by atoms with E-state index in [4.69, 9.17) is 9.47 Å². The molecule has 1 unspecified atom stereocenters. The lowest BCUT2D eigenvalue weighted by molar-refractivity contribution is -0.132. The van der Waals surface area contributed by atoms with Gasteiger partial charge in [0, 0.05) is 36.8 Å². The van der Waals surface area contributed by atoms with Crippen molar-refractivity contribution in [3.05, 3.63) is 83.7 Å². The zero-order valence-electron chi connectivity index (χ0n) is 19.5. The molecule has 2 aromatic carbocycles. The third-order valence-electron chi connectivity index (χ3n) is 6.18. The number of carbonyl (C=O) groups is 2. The number of rotatable bonds is 5. The van der Waals surface area contributed by atoms with Crippen LogP contribution in [0.25, 0.3) is 5.76 Å². The fourth-order valence-electron chi connectivity index (χ4n) is 4.50. The number of benzene rings is 2. The molecule has 178 valence electrons. The number of carbonyl (C=O) groups excluding carboxylic acids is 2. The van der Waals surface area contributed by atoms with Gasteiger partial charge in [-0.1, -0.05) is 12.1 Å². The Bertz CT molecular complexity index is 1320. The van der Waals surface area contributed by atoms with Crippen molar-refractivity contribution in [2.24, 2.45) is 0 Å². The van der Waals surface area contributed by atoms with Gasteiger partial charge in [-0.3, -0.25) is 19.5 Å². The van der Waals surface area contributed by atoms with Gasteiger partial charge in [-0.2, -0.15) is 0 Å². The number of Topliss-reactive ketones (excluding diaryl/α,β-unsaturated/α-hetero) is 1. The molecule has 8 heteroatoms. The van der Waals surface area contributed by atoms with Gasteiger partial charge >= 0.3 is 0 Å². The van der Waals surface area contributed by atoms with Crippen molar-refractivity contribution in [1.29, 1.82) is 0 Å². The molecule has 3 aromatic rings. The highest BCUT2D eigenvalue weighted by molar-refractivity contribution is 6.51. The van der Waals surface area contributed by atoms with Gasteiger partial charge in [0.05, 0.1) is 30.5 Å². The van der Waals surface area contributed by atoms with Crippen LogP contribution in [0.1, 0.15) is 24.1 Å². The molecule has 0 saturated carbocycles. The number of nitrogens with zero attached hydrogens (tertiary/aromatic N) is 3. The maximum atomic E-state index is 13.4. The van der Waals surface area contributed by atoms with E-state index < -0.39 is 17.7 Å². The molecular formula is C27H25N3O5. The predicted molar refractivity (Wildman–Crippen MR) is 132 cm³/mol. The van der Waals surface area contributed by atoms with Crippen LogP contribution in [0.15, 0.2) is 72.6 Å². The van der Waals surface area contributed by atoms with E-state index in [1.807, 2.05) is 18.9 Å². The topological polar surface area (TPSA) is 92.2 Å². The molecule has 2 aliphatic rings. The van der Waals surface area contributed by atoms with E-state index in [2.05, 4.69) is 4.98 Å². The van der Waals surface area contributed by atoms with E-state index in [0.29, 0.717) is 48.1 Å². The number of aromatic nitrogens is 1. The van der Waals surface area contributed by atoms with Crippen LogP contribution >= 0.6 is 0 Å². The highest BCUT2D eigenvalue weighted by atomic mass is 16.5. The highest BCUT2D eigenvalue weighted by Crippen LogP contribution is 2.43. The molecule has 1 aromatic heterocycles. The number of likely N-dealkylation sites (N-methyl/N-ethyl adjacent to an activating group) is 1. The Morgan fingerprint density at radius 1 is 1.17 bits per heavy atom. The number of ketones is 1. The summed E-state index contributed by atoms with van der Waals surface area (Å²) in [7, 11) is 1.94. The number of ether oxygens (including phenoxy) is 2. The molecule has 1 N–H and O–H groups in total. The standard InChI is InChI=1S/C27H25N3O5/c1-3-34-20-8-4-7-19(15-20)30-24(18-6-5-11-28-16-18)23(26(32)27(30)33)25(31)17-9-10-22-21(14-17)29(2)12-13-35-22/h4-11,14-16,24,31H,3,12-13H2,1-2H3/b25-23-. The molecule has 8 nitrogen and oxygen atoms in total. The molecule has 2 aliphatic heterocycles. The monoisotopic (exact) mass is 471 g/mol. The summed E-state index contributed by atoms with van der Waals surface area (Å²) in [5.74, 6) is -0.461. The first-order chi connectivity index (χ1) is 17.0. The smallest absolute Gasteiger partial charge is 0.300 e. The number of aliphatic hydroxyl groups is 1. The largest absolute Gasteiger partial charge is 0.507 e. The normalized spacial score (nSPS) is 18.9. The molecule has 0 bridgehead atoms. The van der Waals surface area contributed by atoms with Gasteiger partial charge in [0.25, 0.3) is 11.7 Å². The van der Waals surface area contributed by atoms with Crippen LogP contribution < -0.4 is 19.3 Å². The van der Waals surface area contributed by atoms with Crippen molar-refractivity contribution in [3.63, 3.8) is 0 Å². The summed E-state index contributed by atoms with van der Waals surface area (Å²) >= 11 is 0. The van der Waals surface area contributed by atoms with E-state index in [1.165, 1.54) is 4.90 Å². The molecule has 1 atom stereocenters. The first kappa shape index (κ1) is 22.5. The van der Waals surface area contributed by atoms with Crippen molar-refractivity contribution < 1.29 is 24.2 Å². The number of fused-ring (bicyclic) bond motifs is 1. The quantitative estimate of drug-likeness (QED) is 0.342. The Morgan fingerprint density at radius 3 is 2.80 bits per heavy atom. The Kier molecular flexibility index (Phi) is 5.86. The maximum Gasteiger partial charge on any atom is 0.300 e. The van der Waals surface area contributed by atoms with E-state index in [0.717, 1.165) is 5.69 Å².